The summed E-state index contributed by atoms with van der Waals surface area (Å²) in [5, 5.41) is 2.52. The summed E-state index contributed by atoms with van der Waals surface area (Å²) >= 11 is 7.15. The van der Waals surface area contributed by atoms with E-state index in [1.807, 2.05) is 0 Å². The summed E-state index contributed by atoms with van der Waals surface area (Å²) in [6, 6.07) is 6.20. The average molecular weight is 491 g/mol. The number of carbonyl (C=O) groups is 2. The second kappa shape index (κ2) is 10.4. The number of hydrogen-bond acceptors (Lipinski definition) is 5. The van der Waals surface area contributed by atoms with Crippen molar-refractivity contribution in [3.8, 4) is 0 Å². The molecular weight excluding hydrogens is 472 g/mol. The van der Waals surface area contributed by atoms with Crippen molar-refractivity contribution in [2.45, 2.75) is 6.18 Å². The number of halogens is 5. The molecular formula is C20H19ClF4N4O2S. The molecule has 2 amide bonds. The van der Waals surface area contributed by atoms with Gasteiger partial charge in [-0.25, -0.2) is 9.37 Å². The molecule has 0 saturated carbocycles. The normalized spacial score (nSPS) is 14.4. The van der Waals surface area contributed by atoms with E-state index in [2.05, 4.69) is 10.3 Å². The molecule has 1 aliphatic heterocycles. The first kappa shape index (κ1) is 24.1. The third-order valence-corrected chi connectivity index (χ3v) is 5.86. The average Bonchev–Trinajstić information content (AvgIpc) is 2.75. The minimum atomic E-state index is -4.52. The van der Waals surface area contributed by atoms with Gasteiger partial charge in [0.05, 0.1) is 22.1 Å². The van der Waals surface area contributed by atoms with Gasteiger partial charge in [0.15, 0.2) is 0 Å². The van der Waals surface area contributed by atoms with Crippen LogP contribution < -0.4 is 10.2 Å². The number of carbonyl (C=O) groups excluding carboxylic acids is 2. The maximum Gasteiger partial charge on any atom is 0.417 e. The zero-order valence-corrected chi connectivity index (χ0v) is 18.2. The number of anilines is 2. The quantitative estimate of drug-likeness (QED) is 0.622. The summed E-state index contributed by atoms with van der Waals surface area (Å²) in [5.41, 5.74) is -0.449. The molecule has 0 bridgehead atoms. The van der Waals surface area contributed by atoms with Crippen LogP contribution in [0.15, 0.2) is 36.5 Å². The molecule has 0 aliphatic carbocycles. The van der Waals surface area contributed by atoms with Crippen LogP contribution in [0.25, 0.3) is 0 Å². The molecule has 0 atom stereocenters. The Kier molecular flexibility index (Phi) is 7.83. The number of alkyl halides is 3. The van der Waals surface area contributed by atoms with E-state index in [1.54, 1.807) is 9.80 Å². The van der Waals surface area contributed by atoms with Gasteiger partial charge in [-0.15, -0.1) is 11.8 Å². The molecule has 1 saturated heterocycles. The van der Waals surface area contributed by atoms with E-state index in [-0.39, 0.29) is 34.2 Å². The van der Waals surface area contributed by atoms with Crippen molar-refractivity contribution in [3.63, 3.8) is 0 Å². The highest BCUT2D eigenvalue weighted by molar-refractivity contribution is 8.00. The minimum absolute atomic E-state index is 0.0637. The van der Waals surface area contributed by atoms with Gasteiger partial charge in [-0.05, 0) is 30.3 Å². The van der Waals surface area contributed by atoms with Crippen molar-refractivity contribution in [2.75, 3.05) is 47.9 Å². The van der Waals surface area contributed by atoms with Gasteiger partial charge in [-0.1, -0.05) is 11.6 Å². The van der Waals surface area contributed by atoms with E-state index in [0.717, 1.165) is 24.0 Å². The van der Waals surface area contributed by atoms with Crippen LogP contribution in [0.2, 0.25) is 5.02 Å². The van der Waals surface area contributed by atoms with Crippen LogP contribution in [0, 0.1) is 5.82 Å². The summed E-state index contributed by atoms with van der Waals surface area (Å²) in [6.45, 7) is 1.47. The van der Waals surface area contributed by atoms with Crippen LogP contribution in [-0.2, 0) is 15.8 Å². The Morgan fingerprint density at radius 1 is 1.09 bits per heavy atom. The van der Waals surface area contributed by atoms with Crippen molar-refractivity contribution in [1.29, 1.82) is 0 Å². The van der Waals surface area contributed by atoms with E-state index < -0.39 is 17.6 Å². The highest BCUT2D eigenvalue weighted by atomic mass is 35.5. The second-order valence-electron chi connectivity index (χ2n) is 6.94. The van der Waals surface area contributed by atoms with Crippen molar-refractivity contribution in [2.24, 2.45) is 0 Å². The fraction of sp³-hybridized carbons (Fsp3) is 0.350. The molecule has 1 fully saturated rings. The van der Waals surface area contributed by atoms with Gasteiger partial charge in [0, 0.05) is 38.1 Å². The molecule has 2 heterocycles. The van der Waals surface area contributed by atoms with Crippen LogP contribution >= 0.6 is 23.4 Å². The largest absolute Gasteiger partial charge is 0.417 e. The first-order valence-corrected chi connectivity index (χ1v) is 11.1. The fourth-order valence-electron chi connectivity index (χ4n) is 3.04. The molecule has 172 valence electrons. The number of rotatable bonds is 6. The number of pyridine rings is 1. The van der Waals surface area contributed by atoms with Gasteiger partial charge < -0.3 is 15.1 Å². The molecule has 12 heteroatoms. The molecule has 0 radical (unpaired) electrons. The molecule has 0 spiro atoms. The molecule has 2 aromatic rings. The topological polar surface area (TPSA) is 65.5 Å². The van der Waals surface area contributed by atoms with E-state index in [1.165, 1.54) is 24.3 Å². The monoisotopic (exact) mass is 490 g/mol. The summed E-state index contributed by atoms with van der Waals surface area (Å²) in [4.78, 5) is 31.5. The number of aromatic nitrogens is 1. The van der Waals surface area contributed by atoms with Crippen molar-refractivity contribution < 1.29 is 27.2 Å². The Hall–Kier alpha value is -2.53. The second-order valence-corrected chi connectivity index (χ2v) is 8.34. The van der Waals surface area contributed by atoms with Crippen LogP contribution in [0.1, 0.15) is 5.56 Å². The van der Waals surface area contributed by atoms with E-state index in [9.17, 15) is 27.2 Å². The summed E-state index contributed by atoms with van der Waals surface area (Å²) < 4.78 is 51.2. The predicted octanol–water partition coefficient (Wildman–Crippen LogP) is 3.91. The zero-order chi connectivity index (χ0) is 23.3. The minimum Gasteiger partial charge on any atom is -0.352 e. The first-order valence-electron chi connectivity index (χ1n) is 9.52. The molecule has 1 aliphatic rings. The number of thioether (sulfide) groups is 1. The Morgan fingerprint density at radius 3 is 2.34 bits per heavy atom. The third-order valence-electron chi connectivity index (χ3n) is 4.67. The van der Waals surface area contributed by atoms with Crippen LogP contribution in [0.3, 0.4) is 0 Å². The van der Waals surface area contributed by atoms with Crippen molar-refractivity contribution in [1.82, 2.24) is 9.88 Å². The van der Waals surface area contributed by atoms with Gasteiger partial charge in [-0.2, -0.15) is 13.2 Å². The molecule has 3 rings (SSSR count). The lowest BCUT2D eigenvalue weighted by Gasteiger charge is -2.35. The Bertz CT molecular complexity index is 967. The van der Waals surface area contributed by atoms with Gasteiger partial charge in [0.1, 0.15) is 11.6 Å². The van der Waals surface area contributed by atoms with Gasteiger partial charge >= 0.3 is 6.18 Å². The van der Waals surface area contributed by atoms with Crippen molar-refractivity contribution in [3.05, 3.63) is 52.9 Å². The van der Waals surface area contributed by atoms with Gasteiger partial charge in [0.25, 0.3) is 0 Å². The number of nitrogens with one attached hydrogen (secondary N) is 1. The van der Waals surface area contributed by atoms with E-state index in [4.69, 9.17) is 11.6 Å². The molecule has 1 N–H and O–H groups in total. The smallest absolute Gasteiger partial charge is 0.352 e. The molecule has 6 nitrogen and oxygen atoms in total. The van der Waals surface area contributed by atoms with Gasteiger partial charge in [-0.3, -0.25) is 9.59 Å². The summed E-state index contributed by atoms with van der Waals surface area (Å²) in [5.74, 6) is -0.430. The molecule has 1 aromatic carbocycles. The first-order chi connectivity index (χ1) is 15.1. The number of benzene rings is 1. The fourth-order valence-corrected chi connectivity index (χ4v) is 4.04. The number of amides is 2. The maximum atomic E-state index is 12.9. The lowest BCUT2D eigenvalue weighted by Crippen LogP contribution is -2.49. The summed E-state index contributed by atoms with van der Waals surface area (Å²) in [6.07, 6.45) is -3.78. The molecule has 32 heavy (non-hydrogen) atoms. The zero-order valence-electron chi connectivity index (χ0n) is 16.7. The highest BCUT2D eigenvalue weighted by Gasteiger charge is 2.32. The maximum absolute atomic E-state index is 12.9. The lowest BCUT2D eigenvalue weighted by molar-refractivity contribution is -0.137. The molecule has 0 unspecified atom stereocenters. The van der Waals surface area contributed by atoms with Crippen molar-refractivity contribution >= 4 is 46.7 Å². The predicted molar refractivity (Wildman–Crippen MR) is 115 cm³/mol. The van der Waals surface area contributed by atoms with E-state index >= 15 is 0 Å². The summed E-state index contributed by atoms with van der Waals surface area (Å²) in [7, 11) is 0. The number of piperazine rings is 1. The number of hydrogen-bond donors (Lipinski definition) is 1. The Morgan fingerprint density at radius 2 is 1.75 bits per heavy atom. The van der Waals surface area contributed by atoms with E-state index in [0.29, 0.717) is 31.9 Å². The van der Waals surface area contributed by atoms with Crippen LogP contribution in [-0.4, -0.2) is 59.4 Å². The van der Waals surface area contributed by atoms with Crippen LogP contribution in [0.5, 0.6) is 0 Å². The Balaban J connectivity index is 1.42. The lowest BCUT2D eigenvalue weighted by atomic mass is 10.2. The third kappa shape index (κ3) is 6.49. The highest BCUT2D eigenvalue weighted by Crippen LogP contribution is 2.33. The SMILES string of the molecule is O=C(CSCC(=O)N1CCN(c2ncc(C(F)(F)F)cc2Cl)CC1)Nc1ccc(F)cc1. The number of nitrogens with zero attached hydrogens (tertiary/aromatic N) is 3. The van der Waals surface area contributed by atoms with Gasteiger partial charge in [0.2, 0.25) is 11.8 Å². The standard InChI is InChI=1S/C20H19ClF4N4O2S/c21-16-9-13(20(23,24)25)10-26-19(16)29-7-5-28(6-8-29)18(31)12-32-11-17(30)27-15-3-1-14(22)2-4-15/h1-4,9-10H,5-8,11-12H2,(H,27,30). The Labute approximate surface area is 190 Å². The van der Waals surface area contributed by atoms with Crippen LogP contribution in [0.4, 0.5) is 29.1 Å². The molecule has 1 aromatic heterocycles.